The van der Waals surface area contributed by atoms with E-state index in [4.69, 9.17) is 33.5 Å². The van der Waals surface area contributed by atoms with Crippen LogP contribution in [0.15, 0.2) is 60.7 Å². The van der Waals surface area contributed by atoms with Gasteiger partial charge in [0.15, 0.2) is 5.11 Å². The van der Waals surface area contributed by atoms with E-state index in [1.54, 1.807) is 23.5 Å². The van der Waals surface area contributed by atoms with E-state index in [1.807, 2.05) is 43.3 Å². The van der Waals surface area contributed by atoms with Crippen LogP contribution in [0.1, 0.15) is 15.9 Å². The lowest BCUT2D eigenvalue weighted by Crippen LogP contribution is -2.34. The molecule has 8 heteroatoms. The summed E-state index contributed by atoms with van der Waals surface area (Å²) in [5.74, 6) is 0.0154. The van der Waals surface area contributed by atoms with Gasteiger partial charge in [-0.15, -0.1) is 11.3 Å². The van der Waals surface area contributed by atoms with Gasteiger partial charge in [0.2, 0.25) is 0 Å². The molecule has 1 heterocycles. The molecule has 0 aliphatic rings. The van der Waals surface area contributed by atoms with Gasteiger partial charge in [-0.2, -0.15) is 0 Å². The highest BCUT2D eigenvalue weighted by Crippen LogP contribution is 2.32. The quantitative estimate of drug-likeness (QED) is 0.357. The predicted octanol–water partition coefficient (Wildman–Crippen LogP) is 6.06. The van der Waals surface area contributed by atoms with Crippen molar-refractivity contribution in [1.82, 2.24) is 10.3 Å². The lowest BCUT2D eigenvalue weighted by Gasteiger charge is -2.14. The van der Waals surface area contributed by atoms with Crippen molar-refractivity contribution in [3.63, 3.8) is 0 Å². The summed E-state index contributed by atoms with van der Waals surface area (Å²) in [5.41, 5.74) is 4.11. The van der Waals surface area contributed by atoms with Gasteiger partial charge < -0.3 is 10.1 Å². The first-order valence-corrected chi connectivity index (χ1v) is 11.0. The largest absolute Gasteiger partial charge is 0.496 e. The van der Waals surface area contributed by atoms with Crippen LogP contribution in [0.5, 0.6) is 5.75 Å². The van der Waals surface area contributed by atoms with Crippen molar-refractivity contribution in [2.24, 2.45) is 0 Å². The number of thiazole rings is 1. The summed E-state index contributed by atoms with van der Waals surface area (Å²) < 4.78 is 6.38. The van der Waals surface area contributed by atoms with Crippen LogP contribution in [0.25, 0.3) is 20.8 Å². The SMILES string of the molecule is COc1ccc(Cl)cc1C(=O)NC(=S)Nc1ccc(-c2nc3ccccc3s2)cc1C. The van der Waals surface area contributed by atoms with Crippen LogP contribution in [-0.2, 0) is 0 Å². The maximum atomic E-state index is 12.6. The van der Waals surface area contributed by atoms with E-state index in [0.29, 0.717) is 16.3 Å². The molecule has 0 saturated carbocycles. The summed E-state index contributed by atoms with van der Waals surface area (Å²) in [7, 11) is 1.49. The van der Waals surface area contributed by atoms with Crippen LogP contribution in [0.3, 0.4) is 0 Å². The number of anilines is 1. The van der Waals surface area contributed by atoms with Gasteiger partial charge in [-0.05, 0) is 73.2 Å². The first-order valence-electron chi connectivity index (χ1n) is 9.37. The number of thiocarbonyl (C=S) groups is 1. The zero-order valence-electron chi connectivity index (χ0n) is 16.7. The molecule has 0 unspecified atom stereocenters. The highest BCUT2D eigenvalue weighted by Gasteiger charge is 2.15. The third-order valence-corrected chi connectivity index (χ3v) is 6.17. The zero-order valence-corrected chi connectivity index (χ0v) is 19.1. The molecule has 2 N–H and O–H groups in total. The average molecular weight is 468 g/mol. The number of halogens is 1. The number of aromatic nitrogens is 1. The third-order valence-electron chi connectivity index (χ3n) is 4.65. The molecule has 0 aliphatic carbocycles. The molecular weight excluding hydrogens is 450 g/mol. The molecule has 4 aromatic rings. The van der Waals surface area contributed by atoms with E-state index >= 15 is 0 Å². The Bertz CT molecular complexity index is 1270. The number of carbonyl (C=O) groups excluding carboxylic acids is 1. The zero-order chi connectivity index (χ0) is 22.0. The van der Waals surface area contributed by atoms with Crippen molar-refractivity contribution in [1.29, 1.82) is 0 Å². The number of fused-ring (bicyclic) bond motifs is 1. The lowest BCUT2D eigenvalue weighted by molar-refractivity contribution is 0.0975. The van der Waals surface area contributed by atoms with Gasteiger partial charge in [0.25, 0.3) is 5.91 Å². The minimum absolute atomic E-state index is 0.183. The maximum absolute atomic E-state index is 12.6. The Morgan fingerprint density at radius 1 is 1.13 bits per heavy atom. The number of aryl methyl sites for hydroxylation is 1. The van der Waals surface area contributed by atoms with E-state index in [0.717, 1.165) is 32.0 Å². The molecule has 0 bridgehead atoms. The Labute approximate surface area is 194 Å². The Kier molecular flexibility index (Phi) is 6.18. The number of hydrogen-bond donors (Lipinski definition) is 2. The Morgan fingerprint density at radius 3 is 2.68 bits per heavy atom. The van der Waals surface area contributed by atoms with Crippen LogP contribution in [0.4, 0.5) is 5.69 Å². The molecule has 31 heavy (non-hydrogen) atoms. The second-order valence-electron chi connectivity index (χ2n) is 6.77. The predicted molar refractivity (Wildman–Crippen MR) is 131 cm³/mol. The second-order valence-corrected chi connectivity index (χ2v) is 8.64. The summed E-state index contributed by atoms with van der Waals surface area (Å²) in [5, 5.41) is 7.32. The maximum Gasteiger partial charge on any atom is 0.261 e. The Balaban J connectivity index is 1.48. The lowest BCUT2D eigenvalue weighted by atomic mass is 10.1. The number of carbonyl (C=O) groups is 1. The summed E-state index contributed by atoms with van der Waals surface area (Å²) in [6.07, 6.45) is 0. The van der Waals surface area contributed by atoms with Crippen LogP contribution in [-0.4, -0.2) is 23.1 Å². The smallest absolute Gasteiger partial charge is 0.261 e. The van der Waals surface area contributed by atoms with Crippen molar-refractivity contribution in [2.75, 3.05) is 12.4 Å². The Morgan fingerprint density at radius 2 is 1.94 bits per heavy atom. The second kappa shape index (κ2) is 9.01. The van der Waals surface area contributed by atoms with E-state index in [9.17, 15) is 4.79 Å². The summed E-state index contributed by atoms with van der Waals surface area (Å²) in [4.78, 5) is 17.3. The first-order chi connectivity index (χ1) is 14.9. The normalized spacial score (nSPS) is 10.7. The molecule has 156 valence electrons. The fourth-order valence-electron chi connectivity index (χ4n) is 3.11. The van der Waals surface area contributed by atoms with Crippen molar-refractivity contribution >= 4 is 62.1 Å². The number of rotatable bonds is 4. The average Bonchev–Trinajstić information content (AvgIpc) is 3.19. The first kappa shape index (κ1) is 21.2. The van der Waals surface area contributed by atoms with Gasteiger partial charge in [0.1, 0.15) is 10.8 Å². The minimum Gasteiger partial charge on any atom is -0.496 e. The van der Waals surface area contributed by atoms with E-state index < -0.39 is 5.91 Å². The van der Waals surface area contributed by atoms with E-state index in [-0.39, 0.29) is 5.11 Å². The van der Waals surface area contributed by atoms with Crippen LogP contribution < -0.4 is 15.4 Å². The van der Waals surface area contributed by atoms with Gasteiger partial charge >= 0.3 is 0 Å². The molecular formula is C23H18ClN3O2S2. The van der Waals surface area contributed by atoms with Crippen LogP contribution in [0, 0.1) is 6.92 Å². The summed E-state index contributed by atoms with van der Waals surface area (Å²) in [6, 6.07) is 18.9. The fraction of sp³-hybridized carbons (Fsp3) is 0.0870. The van der Waals surface area contributed by atoms with Gasteiger partial charge in [-0.1, -0.05) is 23.7 Å². The van der Waals surface area contributed by atoms with Crippen LogP contribution in [0.2, 0.25) is 5.02 Å². The minimum atomic E-state index is -0.402. The number of para-hydroxylation sites is 1. The molecule has 0 radical (unpaired) electrons. The van der Waals surface area contributed by atoms with Gasteiger partial charge in [0, 0.05) is 16.3 Å². The molecule has 0 spiro atoms. The molecule has 0 atom stereocenters. The number of hydrogen-bond acceptors (Lipinski definition) is 5. The van der Waals surface area contributed by atoms with Gasteiger partial charge in [-0.25, -0.2) is 4.98 Å². The van der Waals surface area contributed by atoms with E-state index in [1.165, 1.54) is 13.2 Å². The standard InChI is InChI=1S/C23H18ClN3O2S2/c1-13-11-14(22-25-18-5-3-4-6-20(18)31-22)7-9-17(13)26-23(30)27-21(28)16-12-15(24)8-10-19(16)29-2/h3-12H,1-2H3,(H2,26,27,28,30). The van der Waals surface area contributed by atoms with Crippen molar-refractivity contribution in [2.45, 2.75) is 6.92 Å². The molecule has 0 saturated heterocycles. The highest BCUT2D eigenvalue weighted by molar-refractivity contribution is 7.80. The molecule has 1 amide bonds. The third kappa shape index (κ3) is 4.69. The van der Waals surface area contributed by atoms with Crippen molar-refractivity contribution in [3.05, 3.63) is 76.8 Å². The molecule has 3 aromatic carbocycles. The van der Waals surface area contributed by atoms with Gasteiger partial charge in [0.05, 0.1) is 22.9 Å². The summed E-state index contributed by atoms with van der Waals surface area (Å²) in [6.45, 7) is 1.98. The monoisotopic (exact) mass is 467 g/mol. The summed E-state index contributed by atoms with van der Waals surface area (Å²) >= 11 is 13.0. The molecule has 0 fully saturated rings. The topological polar surface area (TPSA) is 63.2 Å². The molecule has 5 nitrogen and oxygen atoms in total. The molecule has 1 aromatic heterocycles. The Hall–Kier alpha value is -3.00. The number of nitrogens with zero attached hydrogens (tertiary/aromatic N) is 1. The number of methoxy groups -OCH3 is 1. The number of ether oxygens (including phenoxy) is 1. The molecule has 4 rings (SSSR count). The van der Waals surface area contributed by atoms with Crippen molar-refractivity contribution in [3.8, 4) is 16.3 Å². The van der Waals surface area contributed by atoms with Gasteiger partial charge in [-0.3, -0.25) is 10.1 Å². The van der Waals surface area contributed by atoms with Crippen molar-refractivity contribution < 1.29 is 9.53 Å². The van der Waals surface area contributed by atoms with E-state index in [2.05, 4.69) is 16.7 Å². The fourth-order valence-corrected chi connectivity index (χ4v) is 4.45. The highest BCUT2D eigenvalue weighted by atomic mass is 35.5. The number of benzene rings is 3. The number of amides is 1. The molecule has 0 aliphatic heterocycles. The number of nitrogens with one attached hydrogen (secondary N) is 2. The van der Waals surface area contributed by atoms with Crippen LogP contribution >= 0.6 is 35.2 Å².